The molecule has 3 nitrogen and oxygen atoms in total. The van der Waals surface area contributed by atoms with E-state index in [4.69, 9.17) is 4.74 Å². The summed E-state index contributed by atoms with van der Waals surface area (Å²) in [6.45, 7) is 3.92. The van der Waals surface area contributed by atoms with E-state index in [1.54, 1.807) is 7.11 Å². The summed E-state index contributed by atoms with van der Waals surface area (Å²) in [5.41, 5.74) is 1.23. The van der Waals surface area contributed by atoms with E-state index >= 15 is 0 Å². The third-order valence-electron chi connectivity index (χ3n) is 4.43. The Balaban J connectivity index is 2.33. The van der Waals surface area contributed by atoms with E-state index < -0.39 is 5.41 Å². The fourth-order valence-corrected chi connectivity index (χ4v) is 3.06. The molecule has 0 fully saturated rings. The number of carbonyl (C=O) groups is 2. The number of fused-ring (bicyclic) bond motifs is 1. The van der Waals surface area contributed by atoms with Crippen LogP contribution >= 0.6 is 0 Å². The summed E-state index contributed by atoms with van der Waals surface area (Å²) in [6.07, 6.45) is 7.18. The molecule has 1 aliphatic rings. The van der Waals surface area contributed by atoms with Crippen molar-refractivity contribution in [1.29, 1.82) is 0 Å². The van der Waals surface area contributed by atoms with Gasteiger partial charge in [0.25, 0.3) is 0 Å². The Labute approximate surface area is 132 Å². The van der Waals surface area contributed by atoms with Crippen molar-refractivity contribution in [1.82, 2.24) is 0 Å². The lowest BCUT2D eigenvalue weighted by atomic mass is 9.78. The number of ketones is 2. The summed E-state index contributed by atoms with van der Waals surface area (Å²) in [4.78, 5) is 24.6. The van der Waals surface area contributed by atoms with Gasteiger partial charge in [0.1, 0.15) is 11.5 Å². The van der Waals surface area contributed by atoms with E-state index in [0.29, 0.717) is 25.7 Å². The van der Waals surface area contributed by atoms with Crippen LogP contribution in [0.3, 0.4) is 0 Å². The number of hydrogen-bond donors (Lipinski definition) is 0. The second-order valence-corrected chi connectivity index (χ2v) is 5.89. The molecule has 0 saturated heterocycles. The van der Waals surface area contributed by atoms with Gasteiger partial charge in [-0.3, -0.25) is 9.59 Å². The summed E-state index contributed by atoms with van der Waals surface area (Å²) >= 11 is 0. The SMILES string of the molecule is CCC=CC1(CCC(=O)CC)Cc2cc(OC)ccc2C1=O. The third kappa shape index (κ3) is 3.13. The molecule has 2 rings (SSSR count). The number of Topliss-reactive ketones (excluding diaryl/α,β-unsaturated/α-hetero) is 2. The Morgan fingerprint density at radius 3 is 2.77 bits per heavy atom. The number of ether oxygens (including phenoxy) is 1. The van der Waals surface area contributed by atoms with Crippen molar-refractivity contribution in [2.75, 3.05) is 7.11 Å². The van der Waals surface area contributed by atoms with Gasteiger partial charge in [0, 0.05) is 18.4 Å². The van der Waals surface area contributed by atoms with Gasteiger partial charge in [-0.15, -0.1) is 0 Å². The number of allylic oxidation sites excluding steroid dienone is 2. The lowest BCUT2D eigenvalue weighted by molar-refractivity contribution is -0.119. The molecule has 22 heavy (non-hydrogen) atoms. The minimum atomic E-state index is -0.560. The highest BCUT2D eigenvalue weighted by Crippen LogP contribution is 2.43. The number of benzene rings is 1. The molecule has 0 aliphatic heterocycles. The average Bonchev–Trinajstić information content (AvgIpc) is 2.82. The van der Waals surface area contributed by atoms with Gasteiger partial charge in [0.05, 0.1) is 12.5 Å². The van der Waals surface area contributed by atoms with Crippen molar-refractivity contribution in [3.05, 3.63) is 41.5 Å². The molecule has 0 heterocycles. The monoisotopic (exact) mass is 300 g/mol. The van der Waals surface area contributed by atoms with Crippen LogP contribution in [0, 0.1) is 5.41 Å². The molecular weight excluding hydrogens is 276 g/mol. The highest BCUT2D eigenvalue weighted by molar-refractivity contribution is 6.06. The molecule has 1 atom stereocenters. The van der Waals surface area contributed by atoms with Crippen molar-refractivity contribution >= 4 is 11.6 Å². The maximum absolute atomic E-state index is 12.9. The first kappa shape index (κ1) is 16.5. The summed E-state index contributed by atoms with van der Waals surface area (Å²) < 4.78 is 5.26. The van der Waals surface area contributed by atoms with E-state index in [0.717, 1.165) is 23.3 Å². The number of carbonyl (C=O) groups excluding carboxylic acids is 2. The summed E-state index contributed by atoms with van der Waals surface area (Å²) in [5.74, 6) is 1.12. The van der Waals surface area contributed by atoms with Crippen LogP contribution in [0.25, 0.3) is 0 Å². The molecule has 1 aliphatic carbocycles. The van der Waals surface area contributed by atoms with E-state index in [1.807, 2.05) is 37.3 Å². The normalized spacial score (nSPS) is 20.4. The molecule has 1 aromatic carbocycles. The Hall–Kier alpha value is -1.90. The quantitative estimate of drug-likeness (QED) is 0.711. The van der Waals surface area contributed by atoms with Gasteiger partial charge in [-0.25, -0.2) is 0 Å². The Morgan fingerprint density at radius 1 is 1.36 bits per heavy atom. The zero-order chi connectivity index (χ0) is 16.2. The predicted octanol–water partition coefficient (Wildman–Crippen LogP) is 4.15. The lowest BCUT2D eigenvalue weighted by Crippen LogP contribution is -2.26. The van der Waals surface area contributed by atoms with Gasteiger partial charge in [-0.2, -0.15) is 0 Å². The van der Waals surface area contributed by atoms with Crippen LogP contribution in [0.4, 0.5) is 0 Å². The molecule has 0 spiro atoms. The molecule has 0 aromatic heterocycles. The second kappa shape index (κ2) is 6.91. The van der Waals surface area contributed by atoms with Crippen LogP contribution in [-0.2, 0) is 11.2 Å². The lowest BCUT2D eigenvalue weighted by Gasteiger charge is -2.23. The number of methoxy groups -OCH3 is 1. The smallest absolute Gasteiger partial charge is 0.173 e. The van der Waals surface area contributed by atoms with Crippen molar-refractivity contribution in [3.63, 3.8) is 0 Å². The fourth-order valence-electron chi connectivity index (χ4n) is 3.06. The molecule has 0 N–H and O–H groups in total. The zero-order valence-corrected chi connectivity index (χ0v) is 13.6. The number of hydrogen-bond acceptors (Lipinski definition) is 3. The molecule has 118 valence electrons. The van der Waals surface area contributed by atoms with Crippen LogP contribution in [0.15, 0.2) is 30.4 Å². The molecular formula is C19H24O3. The summed E-state index contributed by atoms with van der Waals surface area (Å²) in [5, 5.41) is 0. The van der Waals surface area contributed by atoms with Gasteiger partial charge in [-0.05, 0) is 43.0 Å². The van der Waals surface area contributed by atoms with Crippen LogP contribution in [0.5, 0.6) is 5.75 Å². The molecule has 0 amide bonds. The molecule has 0 radical (unpaired) electrons. The molecule has 1 aromatic rings. The van der Waals surface area contributed by atoms with Crippen molar-refractivity contribution < 1.29 is 14.3 Å². The second-order valence-electron chi connectivity index (χ2n) is 5.89. The van der Waals surface area contributed by atoms with Gasteiger partial charge in [0.15, 0.2) is 5.78 Å². The maximum Gasteiger partial charge on any atom is 0.173 e. The van der Waals surface area contributed by atoms with Gasteiger partial charge < -0.3 is 4.74 Å². The third-order valence-corrected chi connectivity index (χ3v) is 4.43. The number of rotatable bonds is 7. The van der Waals surface area contributed by atoms with E-state index in [9.17, 15) is 9.59 Å². The van der Waals surface area contributed by atoms with Crippen molar-refractivity contribution in [2.24, 2.45) is 5.41 Å². The fraction of sp³-hybridized carbons (Fsp3) is 0.474. The summed E-state index contributed by atoms with van der Waals surface area (Å²) in [6, 6.07) is 5.61. The Bertz CT molecular complexity index is 601. The van der Waals surface area contributed by atoms with Crippen molar-refractivity contribution in [3.8, 4) is 5.75 Å². The van der Waals surface area contributed by atoms with Crippen LogP contribution in [0.1, 0.15) is 55.5 Å². The van der Waals surface area contributed by atoms with Crippen LogP contribution < -0.4 is 4.74 Å². The first-order chi connectivity index (χ1) is 10.6. The van der Waals surface area contributed by atoms with Gasteiger partial charge in [-0.1, -0.05) is 26.0 Å². The highest BCUT2D eigenvalue weighted by atomic mass is 16.5. The van der Waals surface area contributed by atoms with E-state index in [1.165, 1.54) is 0 Å². The maximum atomic E-state index is 12.9. The van der Waals surface area contributed by atoms with Gasteiger partial charge in [0.2, 0.25) is 0 Å². The van der Waals surface area contributed by atoms with Crippen molar-refractivity contribution in [2.45, 2.75) is 46.0 Å². The predicted molar refractivity (Wildman–Crippen MR) is 87.4 cm³/mol. The van der Waals surface area contributed by atoms with Crippen LogP contribution in [-0.4, -0.2) is 18.7 Å². The molecule has 3 heteroatoms. The topological polar surface area (TPSA) is 43.4 Å². The standard InChI is InChI=1S/C19H24O3/c1-4-6-10-19(11-9-15(20)5-2)13-14-12-16(22-3)7-8-17(14)18(19)21/h6-8,10,12H,4-5,9,11,13H2,1-3H3. The van der Waals surface area contributed by atoms with E-state index in [-0.39, 0.29) is 11.6 Å². The Morgan fingerprint density at radius 2 is 2.14 bits per heavy atom. The average molecular weight is 300 g/mol. The molecule has 0 saturated carbocycles. The van der Waals surface area contributed by atoms with E-state index in [2.05, 4.69) is 6.92 Å². The largest absolute Gasteiger partial charge is 0.497 e. The summed E-state index contributed by atoms with van der Waals surface area (Å²) in [7, 11) is 1.63. The highest BCUT2D eigenvalue weighted by Gasteiger charge is 2.43. The molecule has 0 bridgehead atoms. The molecule has 1 unspecified atom stereocenters. The minimum Gasteiger partial charge on any atom is -0.497 e. The Kier molecular flexibility index (Phi) is 5.17. The van der Waals surface area contributed by atoms with Crippen LogP contribution in [0.2, 0.25) is 0 Å². The minimum absolute atomic E-state index is 0.138. The first-order valence-corrected chi connectivity index (χ1v) is 7.97. The first-order valence-electron chi connectivity index (χ1n) is 7.97. The zero-order valence-electron chi connectivity index (χ0n) is 13.6. The van der Waals surface area contributed by atoms with Gasteiger partial charge >= 0.3 is 0 Å².